The molecule has 94 valence electrons. The maximum Gasteiger partial charge on any atom is 0.335 e. The smallest absolute Gasteiger partial charge is 0.335 e. The first kappa shape index (κ1) is 12.8. The maximum absolute atomic E-state index is 11.0. The lowest BCUT2D eigenvalue weighted by Crippen LogP contribution is -2.07. The van der Waals surface area contributed by atoms with Crippen molar-refractivity contribution in [1.82, 2.24) is 0 Å². The molecule has 18 heavy (non-hydrogen) atoms. The molecule has 0 aliphatic carbocycles. The molecule has 1 N–H and O–H groups in total. The molecule has 0 bridgehead atoms. The van der Waals surface area contributed by atoms with Crippen molar-refractivity contribution in [3.8, 4) is 10.4 Å². The van der Waals surface area contributed by atoms with Gasteiger partial charge in [0.2, 0.25) is 0 Å². The third kappa shape index (κ3) is 2.62. The molecule has 2 nitrogen and oxygen atoms in total. The third-order valence-corrected chi connectivity index (χ3v) is 4.30. The Bertz CT molecular complexity index is 576. The maximum atomic E-state index is 11.0. The zero-order valence-corrected chi connectivity index (χ0v) is 11.5. The number of carboxylic acids is 1. The Balaban J connectivity index is 2.40. The van der Waals surface area contributed by atoms with Crippen LogP contribution in [0, 0.1) is 0 Å². The lowest BCUT2D eigenvalue weighted by molar-refractivity contribution is 0.0697. The molecule has 1 aromatic carbocycles. The predicted octanol–water partition coefficient (Wildman–Crippen LogP) is 4.41. The average Bonchev–Trinajstić information content (AvgIpc) is 2.78. The van der Waals surface area contributed by atoms with Crippen LogP contribution < -0.4 is 0 Å². The first-order chi connectivity index (χ1) is 8.38. The van der Waals surface area contributed by atoms with Gasteiger partial charge in [-0.2, -0.15) is 0 Å². The van der Waals surface area contributed by atoms with Gasteiger partial charge in [0, 0.05) is 9.75 Å². The number of aromatic carboxylic acids is 1. The minimum Gasteiger partial charge on any atom is -0.478 e. The van der Waals surface area contributed by atoms with Crippen molar-refractivity contribution in [2.24, 2.45) is 0 Å². The molecule has 3 heteroatoms. The normalized spacial score (nSPS) is 11.5. The van der Waals surface area contributed by atoms with E-state index >= 15 is 0 Å². The van der Waals surface area contributed by atoms with Gasteiger partial charge in [0.25, 0.3) is 0 Å². The van der Waals surface area contributed by atoms with Crippen molar-refractivity contribution in [3.05, 3.63) is 46.8 Å². The Morgan fingerprint density at radius 2 is 1.89 bits per heavy atom. The molecule has 0 fully saturated rings. The Morgan fingerprint density at radius 3 is 2.44 bits per heavy atom. The van der Waals surface area contributed by atoms with Gasteiger partial charge in [0.1, 0.15) is 0 Å². The van der Waals surface area contributed by atoms with Gasteiger partial charge in [-0.15, -0.1) is 11.3 Å². The fraction of sp³-hybridized carbons (Fsp3) is 0.267. The van der Waals surface area contributed by atoms with Crippen molar-refractivity contribution in [1.29, 1.82) is 0 Å². The molecule has 0 unspecified atom stereocenters. The Hall–Kier alpha value is -1.61. The zero-order chi connectivity index (χ0) is 13.3. The van der Waals surface area contributed by atoms with E-state index in [1.54, 1.807) is 29.5 Å². The summed E-state index contributed by atoms with van der Waals surface area (Å²) in [5.41, 5.74) is 1.43. The van der Waals surface area contributed by atoms with Crippen molar-refractivity contribution in [3.63, 3.8) is 0 Å². The highest BCUT2D eigenvalue weighted by Gasteiger charge is 2.16. The number of thiophene rings is 1. The monoisotopic (exact) mass is 260 g/mol. The molecule has 2 rings (SSSR count). The molecule has 2 aromatic rings. The predicted molar refractivity (Wildman–Crippen MR) is 75.4 cm³/mol. The zero-order valence-electron chi connectivity index (χ0n) is 10.7. The minimum atomic E-state index is -0.885. The van der Waals surface area contributed by atoms with Crippen LogP contribution in [0.1, 0.15) is 36.0 Å². The molecule has 0 atom stereocenters. The molecule has 0 radical (unpaired) electrons. The lowest BCUT2D eigenvalue weighted by atomic mass is 9.95. The lowest BCUT2D eigenvalue weighted by Gasteiger charge is -2.15. The molecule has 0 saturated carbocycles. The van der Waals surface area contributed by atoms with Gasteiger partial charge in [0.15, 0.2) is 0 Å². The number of carbonyl (C=O) groups is 1. The molecule has 0 amide bonds. The second kappa shape index (κ2) is 4.58. The van der Waals surface area contributed by atoms with E-state index in [4.69, 9.17) is 5.11 Å². The Kier molecular flexibility index (Phi) is 3.26. The van der Waals surface area contributed by atoms with Crippen molar-refractivity contribution < 1.29 is 9.90 Å². The third-order valence-electron chi connectivity index (χ3n) is 2.74. The van der Waals surface area contributed by atoms with Crippen LogP contribution in [0.5, 0.6) is 0 Å². The second-order valence-electron chi connectivity index (χ2n) is 5.30. The summed E-state index contributed by atoms with van der Waals surface area (Å²) in [4.78, 5) is 13.4. The van der Waals surface area contributed by atoms with Gasteiger partial charge in [0.05, 0.1) is 5.56 Å². The summed E-state index contributed by atoms with van der Waals surface area (Å²) in [6, 6.07) is 11.3. The van der Waals surface area contributed by atoms with Gasteiger partial charge < -0.3 is 5.11 Å². The van der Waals surface area contributed by atoms with Crippen LogP contribution in [0.2, 0.25) is 0 Å². The summed E-state index contributed by atoms with van der Waals surface area (Å²) >= 11 is 1.72. The molecular formula is C15H16O2S. The molecule has 0 saturated heterocycles. The highest BCUT2D eigenvalue weighted by atomic mass is 32.1. The molecule has 0 aliphatic heterocycles. The molecule has 0 spiro atoms. The van der Waals surface area contributed by atoms with E-state index in [1.807, 2.05) is 6.07 Å². The Morgan fingerprint density at radius 1 is 1.17 bits per heavy atom. The van der Waals surface area contributed by atoms with E-state index in [2.05, 4.69) is 32.9 Å². The second-order valence-corrected chi connectivity index (χ2v) is 6.38. The summed E-state index contributed by atoms with van der Waals surface area (Å²) in [6.07, 6.45) is 0. The van der Waals surface area contributed by atoms with E-state index < -0.39 is 5.97 Å². The van der Waals surface area contributed by atoms with Crippen LogP contribution in [0.3, 0.4) is 0 Å². The van der Waals surface area contributed by atoms with E-state index in [1.165, 1.54) is 4.88 Å². The number of hydrogen-bond acceptors (Lipinski definition) is 2. The van der Waals surface area contributed by atoms with Gasteiger partial charge in [-0.3, -0.25) is 0 Å². The number of carboxylic acid groups (broad SMARTS) is 1. The first-order valence-electron chi connectivity index (χ1n) is 5.82. The van der Waals surface area contributed by atoms with Crippen LogP contribution in [0.4, 0.5) is 0 Å². The van der Waals surface area contributed by atoms with Crippen molar-refractivity contribution in [2.45, 2.75) is 26.2 Å². The quantitative estimate of drug-likeness (QED) is 0.868. The number of benzene rings is 1. The van der Waals surface area contributed by atoms with E-state index in [-0.39, 0.29) is 5.41 Å². The summed E-state index contributed by atoms with van der Waals surface area (Å²) in [5.74, 6) is -0.885. The fourth-order valence-electron chi connectivity index (χ4n) is 1.70. The number of rotatable bonds is 2. The first-order valence-corrected chi connectivity index (χ1v) is 6.63. The molecule has 1 heterocycles. The minimum absolute atomic E-state index is 0.132. The SMILES string of the molecule is CC(C)(C)c1ccc(-c2cccc(C(=O)O)c2)s1. The van der Waals surface area contributed by atoms with Crippen LogP contribution in [-0.4, -0.2) is 11.1 Å². The summed E-state index contributed by atoms with van der Waals surface area (Å²) in [5, 5.41) is 8.99. The number of hydrogen-bond donors (Lipinski definition) is 1. The van der Waals surface area contributed by atoms with Gasteiger partial charge in [-0.25, -0.2) is 4.79 Å². The molecule has 0 aliphatic rings. The van der Waals surface area contributed by atoms with E-state index in [9.17, 15) is 4.79 Å². The topological polar surface area (TPSA) is 37.3 Å². The van der Waals surface area contributed by atoms with Crippen LogP contribution in [0.15, 0.2) is 36.4 Å². The van der Waals surface area contributed by atoms with E-state index in [0.717, 1.165) is 10.4 Å². The summed E-state index contributed by atoms with van der Waals surface area (Å²) in [6.45, 7) is 6.53. The van der Waals surface area contributed by atoms with Crippen LogP contribution in [-0.2, 0) is 5.41 Å². The van der Waals surface area contributed by atoms with Crippen LogP contribution in [0.25, 0.3) is 10.4 Å². The van der Waals surface area contributed by atoms with Gasteiger partial charge in [-0.05, 0) is 35.2 Å². The largest absolute Gasteiger partial charge is 0.478 e. The van der Waals surface area contributed by atoms with Crippen molar-refractivity contribution in [2.75, 3.05) is 0 Å². The van der Waals surface area contributed by atoms with E-state index in [0.29, 0.717) is 5.56 Å². The van der Waals surface area contributed by atoms with Gasteiger partial charge in [-0.1, -0.05) is 32.9 Å². The van der Waals surface area contributed by atoms with Crippen LogP contribution >= 0.6 is 11.3 Å². The highest BCUT2D eigenvalue weighted by molar-refractivity contribution is 7.15. The average molecular weight is 260 g/mol. The van der Waals surface area contributed by atoms with Gasteiger partial charge >= 0.3 is 5.97 Å². The molecule has 1 aromatic heterocycles. The summed E-state index contributed by atoms with van der Waals surface area (Å²) in [7, 11) is 0. The standard InChI is InChI=1S/C15H16O2S/c1-15(2,3)13-8-7-12(18-13)10-5-4-6-11(9-10)14(16)17/h4-9H,1-3H3,(H,16,17). The highest BCUT2D eigenvalue weighted by Crippen LogP contribution is 2.35. The summed E-state index contributed by atoms with van der Waals surface area (Å²) < 4.78 is 0. The fourth-order valence-corrected chi connectivity index (χ4v) is 2.76. The Labute approximate surface area is 111 Å². The molecular weight excluding hydrogens is 244 g/mol. The van der Waals surface area contributed by atoms with Crippen molar-refractivity contribution >= 4 is 17.3 Å².